The van der Waals surface area contributed by atoms with Gasteiger partial charge in [0.1, 0.15) is 21.5 Å². The van der Waals surface area contributed by atoms with E-state index in [-0.39, 0.29) is 11.6 Å². The summed E-state index contributed by atoms with van der Waals surface area (Å²) >= 11 is 1.30. The summed E-state index contributed by atoms with van der Waals surface area (Å²) in [5.74, 6) is -0.280. The monoisotopic (exact) mass is 431 g/mol. The van der Waals surface area contributed by atoms with E-state index in [1.165, 1.54) is 22.6 Å². The van der Waals surface area contributed by atoms with Gasteiger partial charge in [0.25, 0.3) is 5.91 Å². The third-order valence-corrected chi connectivity index (χ3v) is 6.82. The molecule has 158 valence electrons. The van der Waals surface area contributed by atoms with Crippen LogP contribution in [0.2, 0.25) is 0 Å². The maximum absolute atomic E-state index is 12.9. The number of para-hydroxylation sites is 1. The second-order valence-corrected chi connectivity index (χ2v) is 8.45. The van der Waals surface area contributed by atoms with E-state index in [9.17, 15) is 10.1 Å². The van der Waals surface area contributed by atoms with Gasteiger partial charge in [0.2, 0.25) is 0 Å². The van der Waals surface area contributed by atoms with Gasteiger partial charge in [-0.25, -0.2) is 0 Å². The number of anilines is 4. The van der Waals surface area contributed by atoms with Crippen molar-refractivity contribution in [1.82, 2.24) is 0 Å². The van der Waals surface area contributed by atoms with Crippen molar-refractivity contribution in [2.75, 3.05) is 47.0 Å². The molecule has 0 radical (unpaired) electrons. The van der Waals surface area contributed by atoms with Gasteiger partial charge in [-0.1, -0.05) is 37.3 Å². The fraction of sp³-hybridized carbons (Fsp3) is 0.250. The summed E-state index contributed by atoms with van der Waals surface area (Å²) in [6.07, 6.45) is 0.943. The zero-order chi connectivity index (χ0) is 21.8. The molecule has 6 nitrogen and oxygen atoms in total. The highest BCUT2D eigenvalue weighted by Crippen LogP contribution is 2.39. The molecular formula is C24H25N5OS. The number of nitrogens with one attached hydrogen (secondary N) is 1. The van der Waals surface area contributed by atoms with Crippen molar-refractivity contribution in [1.29, 1.82) is 5.26 Å². The van der Waals surface area contributed by atoms with E-state index in [0.29, 0.717) is 16.1 Å². The third kappa shape index (κ3) is 4.35. The summed E-state index contributed by atoms with van der Waals surface area (Å²) in [5, 5.41) is 13.4. The first-order chi connectivity index (χ1) is 15.1. The molecule has 0 unspecified atom stereocenters. The van der Waals surface area contributed by atoms with Gasteiger partial charge < -0.3 is 20.9 Å². The zero-order valence-electron chi connectivity index (χ0n) is 17.5. The number of thiophene rings is 1. The minimum atomic E-state index is -0.280. The molecule has 4 rings (SSSR count). The second-order valence-electron chi connectivity index (χ2n) is 7.45. The molecule has 2 aromatic carbocycles. The molecule has 3 N–H and O–H groups in total. The number of nitrogen functional groups attached to an aromatic ring is 1. The fourth-order valence-corrected chi connectivity index (χ4v) is 4.87. The highest BCUT2D eigenvalue weighted by atomic mass is 32.1. The number of amides is 1. The SMILES string of the molecule is CCc1ccc(NC(=O)c2sc(N3CCN(c4ccccc4)CC3)c(C#N)c2N)cc1. The highest BCUT2D eigenvalue weighted by Gasteiger charge is 2.27. The number of carbonyl (C=O) groups is 1. The average molecular weight is 432 g/mol. The van der Waals surface area contributed by atoms with E-state index in [0.717, 1.165) is 37.6 Å². The van der Waals surface area contributed by atoms with Crippen LogP contribution in [0.4, 0.5) is 22.1 Å². The Balaban J connectivity index is 1.50. The smallest absolute Gasteiger partial charge is 0.267 e. The Kier molecular flexibility index (Phi) is 6.10. The Morgan fingerprint density at radius 1 is 1.06 bits per heavy atom. The van der Waals surface area contributed by atoms with E-state index in [1.54, 1.807) is 0 Å². The molecule has 2 heterocycles. The molecule has 1 aliphatic rings. The van der Waals surface area contributed by atoms with E-state index in [1.807, 2.05) is 42.5 Å². The van der Waals surface area contributed by atoms with Crippen molar-refractivity contribution in [3.05, 3.63) is 70.6 Å². The number of hydrogen-bond donors (Lipinski definition) is 2. The van der Waals surface area contributed by atoms with Gasteiger partial charge in [0.05, 0.1) is 5.69 Å². The molecule has 0 bridgehead atoms. The first-order valence-electron chi connectivity index (χ1n) is 10.4. The van der Waals surface area contributed by atoms with E-state index < -0.39 is 0 Å². The van der Waals surface area contributed by atoms with Crippen LogP contribution in [-0.4, -0.2) is 32.1 Å². The zero-order valence-corrected chi connectivity index (χ0v) is 18.3. The van der Waals surface area contributed by atoms with Crippen molar-refractivity contribution >= 4 is 39.3 Å². The number of piperazine rings is 1. The molecule has 3 aromatic rings. The van der Waals surface area contributed by atoms with Crippen LogP contribution in [0.5, 0.6) is 0 Å². The first kappa shape index (κ1) is 20.8. The normalized spacial score (nSPS) is 13.7. The summed E-state index contributed by atoms with van der Waals surface area (Å²) < 4.78 is 0. The molecular weight excluding hydrogens is 406 g/mol. The lowest BCUT2D eigenvalue weighted by molar-refractivity contribution is 0.103. The molecule has 0 atom stereocenters. The van der Waals surface area contributed by atoms with Crippen molar-refractivity contribution in [2.45, 2.75) is 13.3 Å². The van der Waals surface area contributed by atoms with Crippen LogP contribution in [-0.2, 0) is 6.42 Å². The largest absolute Gasteiger partial charge is 0.396 e. The highest BCUT2D eigenvalue weighted by molar-refractivity contribution is 7.19. The Hall–Kier alpha value is -3.50. The predicted molar refractivity (Wildman–Crippen MR) is 128 cm³/mol. The maximum Gasteiger partial charge on any atom is 0.267 e. The number of nitrogens with zero attached hydrogens (tertiary/aromatic N) is 3. The fourth-order valence-electron chi connectivity index (χ4n) is 3.75. The summed E-state index contributed by atoms with van der Waals surface area (Å²) in [6.45, 7) is 5.31. The molecule has 1 fully saturated rings. The van der Waals surface area contributed by atoms with Crippen molar-refractivity contribution < 1.29 is 4.79 Å². The molecule has 7 heteroatoms. The standard InChI is InChI=1S/C24H25N5OS/c1-2-17-8-10-18(11-9-17)27-23(30)22-21(26)20(16-25)24(31-22)29-14-12-28(13-15-29)19-6-4-3-5-7-19/h3-11H,2,12-15,26H2,1H3,(H,27,30). The Bertz CT molecular complexity index is 1090. The molecule has 0 spiro atoms. The van der Waals surface area contributed by atoms with Gasteiger partial charge in [-0.2, -0.15) is 5.26 Å². The van der Waals surface area contributed by atoms with E-state index in [4.69, 9.17) is 5.73 Å². The number of rotatable bonds is 5. The van der Waals surface area contributed by atoms with Crippen molar-refractivity contribution in [3.63, 3.8) is 0 Å². The molecule has 1 aromatic heterocycles. The lowest BCUT2D eigenvalue weighted by Crippen LogP contribution is -2.46. The van der Waals surface area contributed by atoms with Crippen LogP contribution in [0.25, 0.3) is 0 Å². The van der Waals surface area contributed by atoms with E-state index >= 15 is 0 Å². The van der Waals surface area contributed by atoms with Gasteiger partial charge in [0, 0.05) is 37.6 Å². The molecule has 1 aliphatic heterocycles. The summed E-state index contributed by atoms with van der Waals surface area (Å²) in [6, 6.07) is 20.3. The number of aryl methyl sites for hydroxylation is 1. The van der Waals surface area contributed by atoms with Crippen LogP contribution in [0.1, 0.15) is 27.7 Å². The minimum Gasteiger partial charge on any atom is -0.396 e. The minimum absolute atomic E-state index is 0.260. The Labute approximate surface area is 186 Å². The average Bonchev–Trinajstić information content (AvgIpc) is 3.16. The second kappa shape index (κ2) is 9.11. The van der Waals surface area contributed by atoms with Gasteiger partial charge in [-0.15, -0.1) is 11.3 Å². The van der Waals surface area contributed by atoms with Crippen LogP contribution < -0.4 is 20.9 Å². The van der Waals surface area contributed by atoms with Crippen LogP contribution in [0.15, 0.2) is 54.6 Å². The first-order valence-corrected chi connectivity index (χ1v) is 11.2. The number of carbonyl (C=O) groups excluding carboxylic acids is 1. The van der Waals surface area contributed by atoms with Gasteiger partial charge in [0.15, 0.2) is 0 Å². The van der Waals surface area contributed by atoms with E-state index in [2.05, 4.69) is 40.2 Å². The summed E-state index contributed by atoms with van der Waals surface area (Å²) in [7, 11) is 0. The molecule has 31 heavy (non-hydrogen) atoms. The quantitative estimate of drug-likeness (QED) is 0.628. The maximum atomic E-state index is 12.9. The topological polar surface area (TPSA) is 85.4 Å². The molecule has 1 amide bonds. The van der Waals surface area contributed by atoms with Crippen LogP contribution in [0.3, 0.4) is 0 Å². The number of nitriles is 1. The number of hydrogen-bond acceptors (Lipinski definition) is 6. The summed E-state index contributed by atoms with van der Waals surface area (Å²) in [4.78, 5) is 17.7. The Morgan fingerprint density at radius 3 is 2.32 bits per heavy atom. The predicted octanol–water partition coefficient (Wildman–Crippen LogP) is 4.34. The molecule has 0 saturated carbocycles. The van der Waals surface area contributed by atoms with Gasteiger partial charge >= 0.3 is 0 Å². The molecule has 1 saturated heterocycles. The molecule has 0 aliphatic carbocycles. The van der Waals surface area contributed by atoms with Crippen LogP contribution in [0, 0.1) is 11.3 Å². The lowest BCUT2D eigenvalue weighted by atomic mass is 10.1. The van der Waals surface area contributed by atoms with Crippen molar-refractivity contribution in [2.24, 2.45) is 0 Å². The van der Waals surface area contributed by atoms with Gasteiger partial charge in [-0.3, -0.25) is 4.79 Å². The third-order valence-electron chi connectivity index (χ3n) is 5.55. The van der Waals surface area contributed by atoms with Crippen molar-refractivity contribution in [3.8, 4) is 6.07 Å². The summed E-state index contributed by atoms with van der Waals surface area (Å²) in [5.41, 5.74) is 10.00. The van der Waals surface area contributed by atoms with Gasteiger partial charge in [-0.05, 0) is 36.2 Å². The Morgan fingerprint density at radius 2 is 1.71 bits per heavy atom. The number of benzene rings is 2. The van der Waals surface area contributed by atoms with Crippen LogP contribution >= 0.6 is 11.3 Å². The number of nitrogens with two attached hydrogens (primary N) is 1. The lowest BCUT2D eigenvalue weighted by Gasteiger charge is -2.36.